The molecular formula is C30H30FN3O6S2. The topological polar surface area (TPSA) is 113 Å². The van der Waals surface area contributed by atoms with Crippen LogP contribution in [0.2, 0.25) is 0 Å². The lowest BCUT2D eigenvalue weighted by Crippen LogP contribution is -2.38. The number of halogens is 1. The third-order valence-corrected chi connectivity index (χ3v) is 11.6. The Bertz CT molecular complexity index is 1850. The van der Waals surface area contributed by atoms with E-state index >= 15 is 0 Å². The van der Waals surface area contributed by atoms with Crippen molar-refractivity contribution in [3.8, 4) is 38.9 Å². The average molecular weight is 612 g/mol. The van der Waals surface area contributed by atoms with Gasteiger partial charge in [0.1, 0.15) is 21.2 Å². The SMILES string of the molecule is COc1cc(-c2cc3c(-c4cnc(C5(O)CCC5)s4)ccnc3n2S(=O)(=O)C2(C)C=C(F)C=CC2)cc(OC)c1OC. The number of methoxy groups -OCH3 is 3. The van der Waals surface area contributed by atoms with Crippen LogP contribution in [-0.2, 0) is 15.6 Å². The zero-order valence-electron chi connectivity index (χ0n) is 23.5. The van der Waals surface area contributed by atoms with Gasteiger partial charge in [0.25, 0.3) is 0 Å². The molecule has 2 aliphatic carbocycles. The monoisotopic (exact) mass is 611 g/mol. The summed E-state index contributed by atoms with van der Waals surface area (Å²) in [5.74, 6) is 0.409. The lowest BCUT2D eigenvalue weighted by Gasteiger charge is -2.34. The van der Waals surface area contributed by atoms with Crippen LogP contribution in [0.3, 0.4) is 0 Å². The molecule has 0 saturated heterocycles. The molecule has 1 N–H and O–H groups in total. The Labute approximate surface area is 247 Å². The van der Waals surface area contributed by atoms with Crippen molar-refractivity contribution in [2.75, 3.05) is 21.3 Å². The van der Waals surface area contributed by atoms with Gasteiger partial charge in [0.15, 0.2) is 17.1 Å². The second-order valence-electron chi connectivity index (χ2n) is 10.7. The summed E-state index contributed by atoms with van der Waals surface area (Å²) in [4.78, 5) is 9.80. The first-order chi connectivity index (χ1) is 20.0. The molecule has 0 amide bonds. The summed E-state index contributed by atoms with van der Waals surface area (Å²) in [6.07, 6.45) is 9.47. The Kier molecular flexibility index (Phi) is 6.90. The molecule has 9 nitrogen and oxygen atoms in total. The number of aliphatic hydroxyl groups is 1. The zero-order valence-corrected chi connectivity index (χ0v) is 25.2. The van der Waals surface area contributed by atoms with Crippen LogP contribution < -0.4 is 14.2 Å². The maximum Gasteiger partial charge on any atom is 0.250 e. The number of aromatic nitrogens is 3. The van der Waals surface area contributed by atoms with Crippen LogP contribution in [0.5, 0.6) is 17.2 Å². The maximum atomic E-state index is 14.5. The molecule has 1 saturated carbocycles. The van der Waals surface area contributed by atoms with Crippen molar-refractivity contribution in [2.45, 2.75) is 43.0 Å². The summed E-state index contributed by atoms with van der Waals surface area (Å²) in [7, 11) is 0.143. The molecule has 0 radical (unpaired) electrons. The molecule has 220 valence electrons. The predicted octanol–water partition coefficient (Wildman–Crippen LogP) is 5.97. The molecule has 2 aliphatic rings. The molecule has 1 fully saturated rings. The van der Waals surface area contributed by atoms with Crippen molar-refractivity contribution in [1.29, 1.82) is 0 Å². The van der Waals surface area contributed by atoms with Crippen molar-refractivity contribution in [3.05, 3.63) is 65.7 Å². The predicted molar refractivity (Wildman–Crippen MR) is 159 cm³/mol. The Hall–Kier alpha value is -3.74. The second-order valence-corrected chi connectivity index (χ2v) is 14.0. The van der Waals surface area contributed by atoms with Gasteiger partial charge in [-0.1, -0.05) is 6.08 Å². The number of hydrogen-bond acceptors (Lipinski definition) is 9. The van der Waals surface area contributed by atoms with Crippen LogP contribution in [0.15, 0.2) is 60.7 Å². The minimum absolute atomic E-state index is 0.0770. The van der Waals surface area contributed by atoms with Gasteiger partial charge in [-0.05, 0) is 69.0 Å². The van der Waals surface area contributed by atoms with E-state index in [0.29, 0.717) is 51.6 Å². The van der Waals surface area contributed by atoms with Gasteiger partial charge in [0, 0.05) is 28.9 Å². The largest absolute Gasteiger partial charge is 0.493 e. The van der Waals surface area contributed by atoms with E-state index in [1.54, 1.807) is 36.7 Å². The van der Waals surface area contributed by atoms with Gasteiger partial charge in [-0.3, -0.25) is 0 Å². The van der Waals surface area contributed by atoms with E-state index in [2.05, 4.69) is 9.97 Å². The smallest absolute Gasteiger partial charge is 0.250 e. The zero-order chi connectivity index (χ0) is 29.9. The number of ether oxygens (including phenoxy) is 3. The minimum atomic E-state index is -4.30. The number of benzene rings is 1. The molecule has 42 heavy (non-hydrogen) atoms. The van der Waals surface area contributed by atoms with Crippen molar-refractivity contribution >= 4 is 32.4 Å². The van der Waals surface area contributed by atoms with E-state index < -0.39 is 26.2 Å². The fourth-order valence-corrected chi connectivity index (χ4v) is 8.37. The van der Waals surface area contributed by atoms with E-state index in [-0.39, 0.29) is 17.8 Å². The van der Waals surface area contributed by atoms with Gasteiger partial charge in [0.2, 0.25) is 15.8 Å². The van der Waals surface area contributed by atoms with Crippen LogP contribution in [0.4, 0.5) is 4.39 Å². The number of hydrogen-bond donors (Lipinski definition) is 1. The molecule has 0 bridgehead atoms. The molecule has 0 aliphatic heterocycles. The quantitative estimate of drug-likeness (QED) is 0.259. The highest BCUT2D eigenvalue weighted by atomic mass is 32.2. The summed E-state index contributed by atoms with van der Waals surface area (Å²) in [5.41, 5.74) is 0.717. The standard InChI is InChI=1S/C30H30FN3O6S2/c1-29(9-5-7-19(31)16-29)42(36,37)34-22(18-13-23(38-2)26(40-4)24(14-18)39-3)15-21-20(8-12-32-27(21)34)25-17-33-28(41-25)30(35)10-6-11-30/h5,7-8,12-17,35H,6,9-11H2,1-4H3. The second kappa shape index (κ2) is 10.2. The maximum absolute atomic E-state index is 14.5. The molecular weight excluding hydrogens is 581 g/mol. The van der Waals surface area contributed by atoms with Crippen LogP contribution in [0.1, 0.15) is 37.6 Å². The van der Waals surface area contributed by atoms with Gasteiger partial charge in [-0.15, -0.1) is 11.3 Å². The number of rotatable bonds is 8. The van der Waals surface area contributed by atoms with Crippen LogP contribution in [0.25, 0.3) is 32.7 Å². The third kappa shape index (κ3) is 4.31. The summed E-state index contributed by atoms with van der Waals surface area (Å²) < 4.78 is 59.7. The van der Waals surface area contributed by atoms with Crippen molar-refractivity contribution in [3.63, 3.8) is 0 Å². The van der Waals surface area contributed by atoms with Crippen molar-refractivity contribution in [2.24, 2.45) is 0 Å². The lowest BCUT2D eigenvalue weighted by molar-refractivity contribution is -0.0389. The summed E-state index contributed by atoms with van der Waals surface area (Å²) in [6, 6.07) is 6.87. The van der Waals surface area contributed by atoms with Crippen molar-refractivity contribution in [1.82, 2.24) is 13.9 Å². The number of allylic oxidation sites excluding steroid dienone is 3. The Balaban J connectivity index is 1.64. The van der Waals surface area contributed by atoms with Crippen LogP contribution in [0, 0.1) is 0 Å². The fraction of sp³-hybridized carbons (Fsp3) is 0.333. The van der Waals surface area contributed by atoms with E-state index in [9.17, 15) is 17.9 Å². The normalized spacial score (nSPS) is 19.8. The number of nitrogens with zero attached hydrogens (tertiary/aromatic N) is 3. The Morgan fingerprint density at radius 1 is 1.07 bits per heavy atom. The first-order valence-corrected chi connectivity index (χ1v) is 15.6. The molecule has 1 atom stereocenters. The number of pyridine rings is 1. The van der Waals surface area contributed by atoms with Gasteiger partial charge in [-0.2, -0.15) is 0 Å². The Morgan fingerprint density at radius 2 is 1.79 bits per heavy atom. The first-order valence-electron chi connectivity index (χ1n) is 13.3. The van der Waals surface area contributed by atoms with Crippen molar-refractivity contribution < 1.29 is 32.1 Å². The van der Waals surface area contributed by atoms with E-state index in [4.69, 9.17) is 14.2 Å². The average Bonchev–Trinajstić information content (AvgIpc) is 3.61. The molecule has 12 heteroatoms. The number of thiazole rings is 1. The molecule has 0 spiro atoms. The number of fused-ring (bicyclic) bond motifs is 1. The molecule has 3 heterocycles. The van der Waals surface area contributed by atoms with E-state index in [0.717, 1.165) is 17.4 Å². The highest BCUT2D eigenvalue weighted by molar-refractivity contribution is 7.91. The minimum Gasteiger partial charge on any atom is -0.493 e. The van der Waals surface area contributed by atoms with Crippen LogP contribution in [-0.4, -0.2) is 53.5 Å². The molecule has 1 aromatic carbocycles. The van der Waals surface area contributed by atoms with Gasteiger partial charge >= 0.3 is 0 Å². The molecule has 6 rings (SSSR count). The van der Waals surface area contributed by atoms with Gasteiger partial charge in [-0.25, -0.2) is 26.7 Å². The third-order valence-electron chi connectivity index (χ3n) is 8.04. The highest BCUT2D eigenvalue weighted by Crippen LogP contribution is 2.47. The van der Waals surface area contributed by atoms with E-state index in [1.807, 2.05) is 0 Å². The van der Waals surface area contributed by atoms with Gasteiger partial charge < -0.3 is 19.3 Å². The van der Waals surface area contributed by atoms with Gasteiger partial charge in [0.05, 0.1) is 31.9 Å². The lowest BCUT2D eigenvalue weighted by atomic mass is 9.81. The fourth-order valence-electron chi connectivity index (χ4n) is 5.50. The Morgan fingerprint density at radius 3 is 2.38 bits per heavy atom. The molecule has 1 unspecified atom stereocenters. The highest BCUT2D eigenvalue weighted by Gasteiger charge is 2.43. The first kappa shape index (κ1) is 28.4. The summed E-state index contributed by atoms with van der Waals surface area (Å²) >= 11 is 1.37. The molecule has 4 aromatic rings. The van der Waals surface area contributed by atoms with Crippen LogP contribution >= 0.6 is 11.3 Å². The molecule has 3 aromatic heterocycles. The van der Waals surface area contributed by atoms with E-state index in [1.165, 1.54) is 55.7 Å². The summed E-state index contributed by atoms with van der Waals surface area (Å²) in [6.45, 7) is 1.49. The summed E-state index contributed by atoms with van der Waals surface area (Å²) in [5, 5.41) is 12.1.